The van der Waals surface area contributed by atoms with Crippen LogP contribution in [0.1, 0.15) is 12.2 Å². The summed E-state index contributed by atoms with van der Waals surface area (Å²) in [6.07, 6.45) is 8.00. The summed E-state index contributed by atoms with van der Waals surface area (Å²) in [4.78, 5) is 4.10. The van der Waals surface area contributed by atoms with E-state index in [0.29, 0.717) is 30.2 Å². The predicted molar refractivity (Wildman–Crippen MR) is 58.0 cm³/mol. The molecule has 2 rings (SSSR count). The number of pyridine rings is 1. The number of aromatic nitrogens is 5. The van der Waals surface area contributed by atoms with Gasteiger partial charge in [0.1, 0.15) is 5.69 Å². The third-order valence-corrected chi connectivity index (χ3v) is 1.91. The van der Waals surface area contributed by atoms with Crippen molar-refractivity contribution in [1.82, 2.24) is 25.4 Å². The molecule has 0 fully saturated rings. The summed E-state index contributed by atoms with van der Waals surface area (Å²) >= 11 is 0. The molecule has 2 aromatic rings. The van der Waals surface area contributed by atoms with Crippen LogP contribution in [0.3, 0.4) is 0 Å². The summed E-state index contributed by atoms with van der Waals surface area (Å²) in [7, 11) is 0. The maximum atomic E-state index is 5.14. The van der Waals surface area contributed by atoms with Gasteiger partial charge in [0, 0.05) is 19.0 Å². The quantitative estimate of drug-likeness (QED) is 0.705. The van der Waals surface area contributed by atoms with E-state index in [1.165, 1.54) is 0 Å². The molecule has 0 aromatic carbocycles. The highest BCUT2D eigenvalue weighted by Gasteiger charge is 2.04. The average Bonchev–Trinajstić information content (AvgIpc) is 2.38. The number of terminal acetylenes is 1. The van der Waals surface area contributed by atoms with Crippen molar-refractivity contribution in [2.75, 3.05) is 0 Å². The number of aryl methyl sites for hydroxylation is 1. The first kappa shape index (κ1) is 10.2. The summed E-state index contributed by atoms with van der Waals surface area (Å²) < 4.78 is 0. The summed E-state index contributed by atoms with van der Waals surface area (Å²) in [5.74, 6) is 3.49. The van der Waals surface area contributed by atoms with Crippen molar-refractivity contribution in [2.45, 2.75) is 12.8 Å². The van der Waals surface area contributed by atoms with Gasteiger partial charge in [-0.1, -0.05) is 6.07 Å². The second-order valence-corrected chi connectivity index (χ2v) is 3.06. The Hall–Kier alpha value is -2.35. The van der Waals surface area contributed by atoms with Crippen LogP contribution in [-0.4, -0.2) is 25.4 Å². The second kappa shape index (κ2) is 4.94. The fraction of sp³-hybridized carbons (Fsp3) is 0.182. The van der Waals surface area contributed by atoms with E-state index in [9.17, 15) is 0 Å². The highest BCUT2D eigenvalue weighted by molar-refractivity contribution is 5.46. The molecule has 16 heavy (non-hydrogen) atoms. The zero-order chi connectivity index (χ0) is 11.2. The molecule has 0 N–H and O–H groups in total. The van der Waals surface area contributed by atoms with Gasteiger partial charge in [0.2, 0.25) is 5.82 Å². The highest BCUT2D eigenvalue weighted by atomic mass is 15.3. The molecule has 0 spiro atoms. The minimum absolute atomic E-state index is 0.421. The van der Waals surface area contributed by atoms with Crippen molar-refractivity contribution >= 4 is 0 Å². The van der Waals surface area contributed by atoms with Crippen LogP contribution < -0.4 is 0 Å². The first-order valence-corrected chi connectivity index (χ1v) is 4.81. The van der Waals surface area contributed by atoms with E-state index in [4.69, 9.17) is 6.42 Å². The van der Waals surface area contributed by atoms with Gasteiger partial charge in [-0.25, -0.2) is 0 Å². The molecule has 2 heterocycles. The maximum absolute atomic E-state index is 5.14. The van der Waals surface area contributed by atoms with Crippen molar-refractivity contribution < 1.29 is 0 Å². The molecule has 0 aliphatic heterocycles. The number of nitrogens with zero attached hydrogens (tertiary/aromatic N) is 5. The summed E-state index contributed by atoms with van der Waals surface area (Å²) in [6, 6.07) is 5.49. The van der Waals surface area contributed by atoms with E-state index < -0.39 is 0 Å². The lowest BCUT2D eigenvalue weighted by molar-refractivity contribution is 0.756. The van der Waals surface area contributed by atoms with E-state index in [1.807, 2.05) is 12.1 Å². The molecule has 0 aliphatic carbocycles. The third-order valence-electron chi connectivity index (χ3n) is 1.91. The van der Waals surface area contributed by atoms with E-state index in [2.05, 4.69) is 31.3 Å². The molecule has 5 heteroatoms. The van der Waals surface area contributed by atoms with Gasteiger partial charge in [-0.15, -0.1) is 32.7 Å². The van der Waals surface area contributed by atoms with Crippen molar-refractivity contribution in [1.29, 1.82) is 0 Å². The molecule has 0 saturated carbocycles. The molecule has 0 aliphatic rings. The molecule has 0 unspecified atom stereocenters. The first-order valence-electron chi connectivity index (χ1n) is 4.81. The lowest BCUT2D eigenvalue weighted by atomic mass is 10.3. The van der Waals surface area contributed by atoms with Gasteiger partial charge in [0.15, 0.2) is 5.82 Å². The minimum atomic E-state index is 0.421. The van der Waals surface area contributed by atoms with Crippen molar-refractivity contribution in [3.63, 3.8) is 0 Å². The predicted octanol–water partition coefficient (Wildman–Crippen LogP) is 0.894. The van der Waals surface area contributed by atoms with Crippen LogP contribution in [0.5, 0.6) is 0 Å². The Morgan fingerprint density at radius 1 is 1.12 bits per heavy atom. The molecule has 0 saturated heterocycles. The van der Waals surface area contributed by atoms with E-state index >= 15 is 0 Å². The van der Waals surface area contributed by atoms with Gasteiger partial charge in [-0.3, -0.25) is 4.98 Å². The topological polar surface area (TPSA) is 64.5 Å². The Labute approximate surface area is 93.0 Å². The van der Waals surface area contributed by atoms with Crippen LogP contribution in [0.15, 0.2) is 24.4 Å². The van der Waals surface area contributed by atoms with Gasteiger partial charge in [0.05, 0.1) is 0 Å². The van der Waals surface area contributed by atoms with Gasteiger partial charge in [0.25, 0.3) is 0 Å². The molecular weight excluding hydrogens is 202 g/mol. The van der Waals surface area contributed by atoms with Gasteiger partial charge in [-0.05, 0) is 12.1 Å². The molecule has 0 radical (unpaired) electrons. The number of hydrogen-bond acceptors (Lipinski definition) is 5. The van der Waals surface area contributed by atoms with Gasteiger partial charge >= 0.3 is 0 Å². The number of rotatable bonds is 3. The zero-order valence-electron chi connectivity index (χ0n) is 8.54. The summed E-state index contributed by atoms with van der Waals surface area (Å²) in [5.41, 5.74) is 0.658. The monoisotopic (exact) mass is 211 g/mol. The minimum Gasteiger partial charge on any atom is -0.253 e. The molecule has 78 valence electrons. The summed E-state index contributed by atoms with van der Waals surface area (Å²) in [6.45, 7) is 0. The normalized spacial score (nSPS) is 9.69. The Morgan fingerprint density at radius 2 is 1.94 bits per heavy atom. The van der Waals surface area contributed by atoms with E-state index in [0.717, 1.165) is 0 Å². The standard InChI is InChI=1S/C11H9N5/c1-2-3-7-10-13-15-11(16-14-10)9-6-4-5-8-12-9/h1,4-6,8H,3,7H2. The van der Waals surface area contributed by atoms with E-state index in [1.54, 1.807) is 12.3 Å². The number of hydrogen-bond donors (Lipinski definition) is 0. The van der Waals surface area contributed by atoms with Crippen molar-refractivity contribution in [3.05, 3.63) is 30.2 Å². The average molecular weight is 211 g/mol. The molecular formula is C11H9N5. The van der Waals surface area contributed by atoms with E-state index in [-0.39, 0.29) is 0 Å². The van der Waals surface area contributed by atoms with Crippen LogP contribution in [0.2, 0.25) is 0 Å². The van der Waals surface area contributed by atoms with Gasteiger partial charge in [-0.2, -0.15) is 0 Å². The lowest BCUT2D eigenvalue weighted by Crippen LogP contribution is -2.03. The molecule has 0 amide bonds. The van der Waals surface area contributed by atoms with Crippen LogP contribution in [0, 0.1) is 12.3 Å². The van der Waals surface area contributed by atoms with Crippen LogP contribution >= 0.6 is 0 Å². The smallest absolute Gasteiger partial charge is 0.221 e. The van der Waals surface area contributed by atoms with Crippen LogP contribution in [0.25, 0.3) is 11.5 Å². The maximum Gasteiger partial charge on any atom is 0.221 e. The molecule has 0 bridgehead atoms. The SMILES string of the molecule is C#CCCc1nnc(-c2ccccn2)nn1. The zero-order valence-corrected chi connectivity index (χ0v) is 8.54. The van der Waals surface area contributed by atoms with Gasteiger partial charge < -0.3 is 0 Å². The first-order chi connectivity index (χ1) is 7.90. The van der Waals surface area contributed by atoms with Crippen LogP contribution in [0.4, 0.5) is 0 Å². The largest absolute Gasteiger partial charge is 0.253 e. The highest BCUT2D eigenvalue weighted by Crippen LogP contribution is 2.07. The fourth-order valence-electron chi connectivity index (χ4n) is 1.13. The van der Waals surface area contributed by atoms with Crippen LogP contribution in [-0.2, 0) is 6.42 Å². The van der Waals surface area contributed by atoms with Crippen molar-refractivity contribution in [2.24, 2.45) is 0 Å². The molecule has 5 nitrogen and oxygen atoms in total. The Kier molecular flexibility index (Phi) is 3.14. The fourth-order valence-corrected chi connectivity index (χ4v) is 1.13. The Morgan fingerprint density at radius 3 is 2.56 bits per heavy atom. The Balaban J connectivity index is 2.17. The summed E-state index contributed by atoms with van der Waals surface area (Å²) in [5, 5.41) is 15.8. The third kappa shape index (κ3) is 2.36. The van der Waals surface area contributed by atoms with Crippen molar-refractivity contribution in [3.8, 4) is 23.9 Å². The molecule has 2 aromatic heterocycles. The Bertz CT molecular complexity index is 486. The molecule has 0 atom stereocenters. The lowest BCUT2D eigenvalue weighted by Gasteiger charge is -1.97. The second-order valence-electron chi connectivity index (χ2n) is 3.06.